The lowest BCUT2D eigenvalue weighted by Crippen LogP contribution is -2.49. The van der Waals surface area contributed by atoms with Crippen LogP contribution in [0, 0.1) is 5.41 Å². The maximum Gasteiger partial charge on any atom is 0.573 e. The van der Waals surface area contributed by atoms with Gasteiger partial charge in [-0.1, -0.05) is 32.0 Å². The predicted octanol–water partition coefficient (Wildman–Crippen LogP) is 2.55. The van der Waals surface area contributed by atoms with Crippen LogP contribution in [0.4, 0.5) is 13.2 Å². The number of hydrogen-bond donors (Lipinski definition) is 2. The number of aliphatic hydroxyl groups excluding tert-OH is 1. The average Bonchev–Trinajstić information content (AvgIpc) is 2.49. The molecular weight excluding hydrogens is 309 g/mol. The van der Waals surface area contributed by atoms with Crippen LogP contribution in [0.5, 0.6) is 5.75 Å². The molecule has 4 nitrogen and oxygen atoms in total. The van der Waals surface area contributed by atoms with Gasteiger partial charge in [0, 0.05) is 49.8 Å². The summed E-state index contributed by atoms with van der Waals surface area (Å²) in [4.78, 5) is 2.10. The number of halogens is 3. The highest BCUT2D eigenvalue weighted by atomic mass is 19.4. The van der Waals surface area contributed by atoms with Crippen LogP contribution >= 0.6 is 0 Å². The molecule has 1 aliphatic rings. The zero-order chi connectivity index (χ0) is 17.1. The minimum atomic E-state index is -4.74. The summed E-state index contributed by atoms with van der Waals surface area (Å²) in [6.45, 7) is 6.50. The van der Waals surface area contributed by atoms with E-state index in [1.165, 1.54) is 12.1 Å². The first-order chi connectivity index (χ1) is 10.7. The summed E-state index contributed by atoms with van der Waals surface area (Å²) in [7, 11) is 0. The van der Waals surface area contributed by atoms with Crippen molar-refractivity contribution in [2.24, 2.45) is 5.41 Å². The Bertz CT molecular complexity index is 514. The molecule has 0 radical (unpaired) electrons. The van der Waals surface area contributed by atoms with Gasteiger partial charge in [-0.15, -0.1) is 13.2 Å². The fourth-order valence-electron chi connectivity index (χ4n) is 3.06. The molecule has 0 bridgehead atoms. The second kappa shape index (κ2) is 7.07. The van der Waals surface area contributed by atoms with Crippen molar-refractivity contribution in [1.29, 1.82) is 0 Å². The quantitative estimate of drug-likeness (QED) is 0.870. The Kier molecular flexibility index (Phi) is 5.54. The van der Waals surface area contributed by atoms with Gasteiger partial charge in [0.15, 0.2) is 0 Å². The van der Waals surface area contributed by atoms with Crippen molar-refractivity contribution in [3.05, 3.63) is 29.8 Å². The third kappa shape index (κ3) is 4.59. The van der Waals surface area contributed by atoms with E-state index in [4.69, 9.17) is 0 Å². The number of benzene rings is 1. The Morgan fingerprint density at radius 2 is 1.83 bits per heavy atom. The third-order valence-electron chi connectivity index (χ3n) is 4.10. The van der Waals surface area contributed by atoms with E-state index in [1.54, 1.807) is 12.1 Å². The molecule has 2 rings (SSSR count). The number of para-hydroxylation sites is 1. The van der Waals surface area contributed by atoms with E-state index in [9.17, 15) is 18.3 Å². The number of nitrogens with one attached hydrogen (secondary N) is 1. The molecule has 0 aromatic heterocycles. The second-order valence-electron chi connectivity index (χ2n) is 6.42. The van der Waals surface area contributed by atoms with Gasteiger partial charge in [0.2, 0.25) is 0 Å². The van der Waals surface area contributed by atoms with E-state index in [-0.39, 0.29) is 18.4 Å². The minimum absolute atomic E-state index is 0.137. The molecule has 0 aliphatic carbocycles. The van der Waals surface area contributed by atoms with Gasteiger partial charge in [0.25, 0.3) is 0 Å². The maximum atomic E-state index is 12.7. The minimum Gasteiger partial charge on any atom is -0.405 e. The smallest absolute Gasteiger partial charge is 0.405 e. The number of nitrogens with zero attached hydrogens (tertiary/aromatic N) is 1. The highest BCUT2D eigenvalue weighted by Gasteiger charge is 2.39. The second-order valence-corrected chi connectivity index (χ2v) is 6.42. The van der Waals surface area contributed by atoms with Crippen LogP contribution in [0.2, 0.25) is 0 Å². The monoisotopic (exact) mass is 332 g/mol. The molecule has 1 heterocycles. The Hall–Kier alpha value is -1.31. The van der Waals surface area contributed by atoms with Gasteiger partial charge in [-0.3, -0.25) is 4.90 Å². The van der Waals surface area contributed by atoms with Crippen LogP contribution in [0.1, 0.15) is 25.5 Å². The Morgan fingerprint density at radius 3 is 2.39 bits per heavy atom. The largest absolute Gasteiger partial charge is 0.573 e. The Balaban J connectivity index is 2.43. The van der Waals surface area contributed by atoms with Crippen LogP contribution in [-0.2, 0) is 0 Å². The van der Waals surface area contributed by atoms with Crippen molar-refractivity contribution in [3.63, 3.8) is 0 Å². The molecular formula is C16H23F3N2O2. The molecule has 1 aromatic carbocycles. The fourth-order valence-corrected chi connectivity index (χ4v) is 3.06. The van der Waals surface area contributed by atoms with Crippen molar-refractivity contribution in [3.8, 4) is 5.75 Å². The standard InChI is InChI=1S/C16H23F3N2O2/c1-15(2,11-22)14(21-9-7-20-8-10-21)12-5-3-4-6-13(12)23-16(17,18)19/h3-6,14,20,22H,7-11H2,1-2H3/t14-/m1/s1. The first kappa shape index (κ1) is 18.0. The molecule has 0 spiro atoms. The predicted molar refractivity (Wildman–Crippen MR) is 81.2 cm³/mol. The normalized spacial score (nSPS) is 18.7. The summed E-state index contributed by atoms with van der Waals surface area (Å²) in [5.74, 6) is -0.204. The first-order valence-electron chi connectivity index (χ1n) is 7.65. The van der Waals surface area contributed by atoms with E-state index in [2.05, 4.69) is 15.0 Å². The van der Waals surface area contributed by atoms with Crippen LogP contribution in [0.25, 0.3) is 0 Å². The molecule has 0 unspecified atom stereocenters. The van der Waals surface area contributed by atoms with Gasteiger partial charge in [-0.2, -0.15) is 0 Å². The van der Waals surface area contributed by atoms with Crippen molar-refractivity contribution < 1.29 is 23.0 Å². The van der Waals surface area contributed by atoms with Crippen LogP contribution in [-0.4, -0.2) is 49.2 Å². The number of hydrogen-bond acceptors (Lipinski definition) is 4. The van der Waals surface area contributed by atoms with E-state index < -0.39 is 11.8 Å². The molecule has 1 saturated heterocycles. The van der Waals surface area contributed by atoms with Gasteiger partial charge in [-0.25, -0.2) is 0 Å². The lowest BCUT2D eigenvalue weighted by atomic mass is 9.79. The summed E-state index contributed by atoms with van der Waals surface area (Å²) >= 11 is 0. The molecule has 0 amide bonds. The van der Waals surface area contributed by atoms with E-state index in [1.807, 2.05) is 13.8 Å². The first-order valence-corrected chi connectivity index (χ1v) is 7.65. The molecule has 7 heteroatoms. The average molecular weight is 332 g/mol. The summed E-state index contributed by atoms with van der Waals surface area (Å²) in [6, 6.07) is 5.82. The fraction of sp³-hybridized carbons (Fsp3) is 0.625. The number of alkyl halides is 3. The van der Waals surface area contributed by atoms with Gasteiger partial charge in [0.1, 0.15) is 5.75 Å². The van der Waals surface area contributed by atoms with Crippen molar-refractivity contribution in [2.45, 2.75) is 26.3 Å². The van der Waals surface area contributed by atoms with Crippen molar-refractivity contribution >= 4 is 0 Å². The highest BCUT2D eigenvalue weighted by Crippen LogP contribution is 2.43. The molecule has 23 heavy (non-hydrogen) atoms. The summed E-state index contributed by atoms with van der Waals surface area (Å²) in [6.07, 6.45) is -4.74. The van der Waals surface area contributed by atoms with Crippen molar-refractivity contribution in [2.75, 3.05) is 32.8 Å². The molecule has 1 aromatic rings. The molecule has 130 valence electrons. The lowest BCUT2D eigenvalue weighted by molar-refractivity contribution is -0.275. The summed E-state index contributed by atoms with van der Waals surface area (Å²) in [5.41, 5.74) is -0.159. The van der Waals surface area contributed by atoms with Crippen LogP contribution in [0.15, 0.2) is 24.3 Å². The van der Waals surface area contributed by atoms with Gasteiger partial charge >= 0.3 is 6.36 Å². The SMILES string of the molecule is CC(C)(CO)[C@@H](c1ccccc1OC(F)(F)F)N1CCNCC1. The third-order valence-corrected chi connectivity index (χ3v) is 4.10. The van der Waals surface area contributed by atoms with E-state index in [0.717, 1.165) is 13.1 Å². The molecule has 2 N–H and O–H groups in total. The molecule has 1 fully saturated rings. The zero-order valence-corrected chi connectivity index (χ0v) is 13.4. The Labute approximate surface area is 134 Å². The van der Waals surface area contributed by atoms with Gasteiger partial charge in [-0.05, 0) is 6.07 Å². The summed E-state index contributed by atoms with van der Waals surface area (Å²) in [5, 5.41) is 13.0. The molecule has 1 atom stereocenters. The summed E-state index contributed by atoms with van der Waals surface area (Å²) < 4.78 is 42.4. The highest BCUT2D eigenvalue weighted by molar-refractivity contribution is 5.37. The van der Waals surface area contributed by atoms with E-state index >= 15 is 0 Å². The topological polar surface area (TPSA) is 44.7 Å². The maximum absolute atomic E-state index is 12.7. The lowest BCUT2D eigenvalue weighted by Gasteiger charge is -2.43. The van der Waals surface area contributed by atoms with Crippen LogP contribution < -0.4 is 10.1 Å². The molecule has 0 saturated carbocycles. The number of aliphatic hydroxyl groups is 1. The van der Waals surface area contributed by atoms with Crippen LogP contribution in [0.3, 0.4) is 0 Å². The van der Waals surface area contributed by atoms with Gasteiger partial charge in [0.05, 0.1) is 0 Å². The number of ether oxygens (including phenoxy) is 1. The molecule has 1 aliphatic heterocycles. The van der Waals surface area contributed by atoms with E-state index in [0.29, 0.717) is 18.7 Å². The number of rotatable bonds is 5. The Morgan fingerprint density at radius 1 is 1.22 bits per heavy atom. The zero-order valence-electron chi connectivity index (χ0n) is 13.4. The van der Waals surface area contributed by atoms with Crippen molar-refractivity contribution in [1.82, 2.24) is 10.2 Å². The number of piperazine rings is 1. The van der Waals surface area contributed by atoms with Gasteiger partial charge < -0.3 is 15.2 Å².